The second-order valence-corrected chi connectivity index (χ2v) is 9.72. The summed E-state index contributed by atoms with van der Waals surface area (Å²) in [7, 11) is 3.87. The largest absolute Gasteiger partial charge is 0.365 e. The summed E-state index contributed by atoms with van der Waals surface area (Å²) in [5.74, 6) is 0.924. The van der Waals surface area contributed by atoms with Crippen LogP contribution in [0.2, 0.25) is 0 Å². The molecule has 0 bridgehead atoms. The first-order valence-electron chi connectivity index (χ1n) is 12.9. The molecule has 12 heteroatoms. The fourth-order valence-corrected chi connectivity index (χ4v) is 4.25. The Morgan fingerprint density at radius 3 is 2.70 bits per heavy atom. The highest BCUT2D eigenvalue weighted by Crippen LogP contribution is 2.26. The number of anilines is 4. The molecule has 4 aromatic rings. The molecular weight excluding hydrogens is 511 g/mol. The Morgan fingerprint density at radius 2 is 1.93 bits per heavy atom. The monoisotopic (exact) mass is 542 g/mol. The summed E-state index contributed by atoms with van der Waals surface area (Å²) < 4.78 is 12.4. The van der Waals surface area contributed by atoms with Crippen molar-refractivity contribution < 1.29 is 9.18 Å². The number of likely N-dealkylation sites (tertiary alicyclic amines) is 1. The van der Waals surface area contributed by atoms with Crippen molar-refractivity contribution in [2.75, 3.05) is 62.9 Å². The van der Waals surface area contributed by atoms with Gasteiger partial charge in [0.2, 0.25) is 11.9 Å². The number of aromatic nitrogens is 5. The first kappa shape index (κ1) is 27.0. The highest BCUT2D eigenvalue weighted by Gasteiger charge is 2.26. The first-order chi connectivity index (χ1) is 19.5. The van der Waals surface area contributed by atoms with E-state index in [9.17, 15) is 9.18 Å². The molecule has 11 nitrogen and oxygen atoms in total. The molecule has 5 rings (SSSR count). The predicted molar refractivity (Wildman–Crippen MR) is 154 cm³/mol. The summed E-state index contributed by atoms with van der Waals surface area (Å²) in [6, 6.07) is 9.38. The van der Waals surface area contributed by atoms with Crippen molar-refractivity contribution in [2.45, 2.75) is 6.04 Å². The van der Waals surface area contributed by atoms with Crippen LogP contribution in [0.15, 0.2) is 67.3 Å². The van der Waals surface area contributed by atoms with Crippen LogP contribution in [0.25, 0.3) is 22.3 Å². The summed E-state index contributed by atoms with van der Waals surface area (Å²) in [6.07, 6.45) is 10.0. The summed E-state index contributed by atoms with van der Waals surface area (Å²) >= 11 is 0. The van der Waals surface area contributed by atoms with Crippen molar-refractivity contribution in [3.8, 4) is 11.4 Å². The Labute approximate surface area is 231 Å². The number of alkyl halides is 1. The van der Waals surface area contributed by atoms with Gasteiger partial charge in [0.05, 0.1) is 23.6 Å². The van der Waals surface area contributed by atoms with E-state index in [1.807, 2.05) is 37.2 Å². The molecule has 0 atom stereocenters. The SMILES string of the molecule is CN(C)C/C=C/C(=O)Nc1ccnc(-c2nccc3cnc(Nc4ccc(NC5CN(CCF)C5)nc4)nc23)c1. The third-order valence-electron chi connectivity index (χ3n) is 6.24. The van der Waals surface area contributed by atoms with E-state index in [-0.39, 0.29) is 18.6 Å². The zero-order valence-corrected chi connectivity index (χ0v) is 22.4. The van der Waals surface area contributed by atoms with Crippen molar-refractivity contribution >= 4 is 40.0 Å². The number of hydrogen-bond acceptors (Lipinski definition) is 10. The Bertz CT molecular complexity index is 1490. The summed E-state index contributed by atoms with van der Waals surface area (Å²) in [4.78, 5) is 38.9. The van der Waals surface area contributed by atoms with Gasteiger partial charge in [-0.3, -0.25) is 19.7 Å². The van der Waals surface area contributed by atoms with Gasteiger partial charge in [0.15, 0.2) is 0 Å². The minimum atomic E-state index is -0.323. The minimum Gasteiger partial charge on any atom is -0.365 e. The van der Waals surface area contributed by atoms with Crippen LogP contribution in [0.3, 0.4) is 0 Å². The van der Waals surface area contributed by atoms with Gasteiger partial charge in [-0.15, -0.1) is 0 Å². The molecule has 1 amide bonds. The fourth-order valence-electron chi connectivity index (χ4n) is 4.25. The van der Waals surface area contributed by atoms with Crippen LogP contribution in [0.5, 0.6) is 0 Å². The fraction of sp³-hybridized carbons (Fsp3) is 0.286. The molecule has 206 valence electrons. The predicted octanol–water partition coefficient (Wildman–Crippen LogP) is 3.35. The molecule has 40 heavy (non-hydrogen) atoms. The number of carbonyl (C=O) groups excluding carboxylic acids is 1. The molecule has 0 aromatic carbocycles. The van der Waals surface area contributed by atoms with E-state index in [0.29, 0.717) is 41.6 Å². The Kier molecular flexibility index (Phi) is 8.47. The number of halogens is 1. The lowest BCUT2D eigenvalue weighted by Crippen LogP contribution is -2.55. The lowest BCUT2D eigenvalue weighted by atomic mass is 10.1. The first-order valence-corrected chi connectivity index (χ1v) is 12.9. The van der Waals surface area contributed by atoms with Gasteiger partial charge in [-0.05, 0) is 44.4 Å². The highest BCUT2D eigenvalue weighted by atomic mass is 19.1. The maximum Gasteiger partial charge on any atom is 0.248 e. The van der Waals surface area contributed by atoms with Crippen LogP contribution < -0.4 is 16.0 Å². The number of carbonyl (C=O) groups is 1. The third kappa shape index (κ3) is 6.90. The summed E-state index contributed by atoms with van der Waals surface area (Å²) in [6.45, 7) is 2.44. The van der Waals surface area contributed by atoms with E-state index >= 15 is 0 Å². The Hall–Kier alpha value is -4.55. The standard InChI is InChI=1S/C28H31FN10O/c1-38(2)12-3-4-25(40)35-20-8-11-30-23(14-20)27-26-19(7-10-31-27)15-33-28(37-26)36-21-5-6-24(32-16-21)34-22-17-39(18-22)13-9-29/h3-8,10-11,14-16,22H,9,12-13,17-18H2,1-2H3,(H,32,34)(H,30,35,40)(H,33,36,37)/b4-3+. The molecule has 0 radical (unpaired) electrons. The topological polar surface area (TPSA) is 124 Å². The lowest BCUT2D eigenvalue weighted by Gasteiger charge is -2.39. The van der Waals surface area contributed by atoms with Gasteiger partial charge in [0, 0.05) is 61.9 Å². The van der Waals surface area contributed by atoms with Crippen molar-refractivity contribution in [1.82, 2.24) is 34.7 Å². The van der Waals surface area contributed by atoms with E-state index in [1.54, 1.807) is 43.0 Å². The average molecular weight is 543 g/mol. The summed E-state index contributed by atoms with van der Waals surface area (Å²) in [5.41, 5.74) is 3.10. The number of hydrogen-bond donors (Lipinski definition) is 3. The van der Waals surface area contributed by atoms with Crippen LogP contribution in [0, 0.1) is 0 Å². The van der Waals surface area contributed by atoms with Crippen LogP contribution in [-0.4, -0.2) is 93.6 Å². The van der Waals surface area contributed by atoms with E-state index in [0.717, 1.165) is 30.0 Å². The minimum absolute atomic E-state index is 0.222. The highest BCUT2D eigenvalue weighted by molar-refractivity contribution is 6.00. The number of nitrogens with one attached hydrogen (secondary N) is 3. The second-order valence-electron chi connectivity index (χ2n) is 9.72. The Balaban J connectivity index is 1.28. The van der Waals surface area contributed by atoms with E-state index < -0.39 is 0 Å². The zero-order valence-electron chi connectivity index (χ0n) is 22.4. The molecule has 1 aliphatic rings. The van der Waals surface area contributed by atoms with Crippen LogP contribution >= 0.6 is 0 Å². The molecule has 0 spiro atoms. The van der Waals surface area contributed by atoms with E-state index in [1.165, 1.54) is 6.08 Å². The lowest BCUT2D eigenvalue weighted by molar-refractivity contribution is -0.111. The number of amides is 1. The van der Waals surface area contributed by atoms with Crippen LogP contribution in [0.4, 0.5) is 27.5 Å². The van der Waals surface area contributed by atoms with Crippen LogP contribution in [0.1, 0.15) is 0 Å². The van der Waals surface area contributed by atoms with Gasteiger partial charge in [-0.2, -0.15) is 0 Å². The average Bonchev–Trinajstić information content (AvgIpc) is 2.92. The molecule has 1 saturated heterocycles. The number of pyridine rings is 3. The maximum atomic E-state index is 12.4. The third-order valence-corrected chi connectivity index (χ3v) is 6.24. The number of nitrogens with zero attached hydrogens (tertiary/aromatic N) is 7. The number of likely N-dealkylation sites (N-methyl/N-ethyl adjacent to an activating group) is 1. The smallest absolute Gasteiger partial charge is 0.248 e. The van der Waals surface area contributed by atoms with E-state index in [2.05, 4.69) is 40.8 Å². The van der Waals surface area contributed by atoms with Crippen molar-refractivity contribution in [1.29, 1.82) is 0 Å². The molecule has 1 fully saturated rings. The van der Waals surface area contributed by atoms with Crippen molar-refractivity contribution in [3.05, 3.63) is 67.3 Å². The molecule has 0 unspecified atom stereocenters. The van der Waals surface area contributed by atoms with E-state index in [4.69, 9.17) is 4.98 Å². The zero-order chi connectivity index (χ0) is 27.9. The van der Waals surface area contributed by atoms with Gasteiger partial charge in [-0.25, -0.2) is 19.3 Å². The van der Waals surface area contributed by atoms with Crippen molar-refractivity contribution in [2.24, 2.45) is 0 Å². The van der Waals surface area contributed by atoms with Crippen molar-refractivity contribution in [3.63, 3.8) is 0 Å². The van der Waals surface area contributed by atoms with Gasteiger partial charge in [0.1, 0.15) is 23.7 Å². The van der Waals surface area contributed by atoms with Crippen LogP contribution in [-0.2, 0) is 4.79 Å². The molecule has 0 saturated carbocycles. The molecule has 3 N–H and O–H groups in total. The maximum absolute atomic E-state index is 12.4. The molecule has 4 aromatic heterocycles. The Morgan fingerprint density at radius 1 is 1.07 bits per heavy atom. The molecule has 1 aliphatic heterocycles. The second kappa shape index (κ2) is 12.5. The molecular formula is C28H31FN10O. The normalized spacial score (nSPS) is 14.0. The van der Waals surface area contributed by atoms with Gasteiger partial charge in [-0.1, -0.05) is 6.08 Å². The van der Waals surface area contributed by atoms with Gasteiger partial charge in [0.25, 0.3) is 0 Å². The quantitative estimate of drug-likeness (QED) is 0.243. The molecule has 0 aliphatic carbocycles. The molecule has 5 heterocycles. The summed E-state index contributed by atoms with van der Waals surface area (Å²) in [5, 5.41) is 10.2. The van der Waals surface area contributed by atoms with Gasteiger partial charge < -0.3 is 20.9 Å². The van der Waals surface area contributed by atoms with Gasteiger partial charge >= 0.3 is 0 Å². The number of rotatable bonds is 11. The number of fused-ring (bicyclic) bond motifs is 1.